The second-order valence-corrected chi connectivity index (χ2v) is 7.93. The van der Waals surface area contributed by atoms with Crippen LogP contribution in [0, 0.1) is 25.2 Å². The normalized spacial score (nSPS) is 10.7. The highest BCUT2D eigenvalue weighted by Gasteiger charge is 2.16. The van der Waals surface area contributed by atoms with E-state index in [9.17, 15) is 0 Å². The molecule has 0 saturated heterocycles. The second-order valence-electron chi connectivity index (χ2n) is 7.52. The Hall–Kier alpha value is -3.76. The van der Waals surface area contributed by atoms with E-state index in [1.807, 2.05) is 38.2 Å². The van der Waals surface area contributed by atoms with Crippen LogP contribution in [0.15, 0.2) is 48.9 Å². The van der Waals surface area contributed by atoms with Crippen LogP contribution in [0.2, 0.25) is 5.02 Å². The van der Waals surface area contributed by atoms with Gasteiger partial charge in [-0.15, -0.1) is 0 Å². The minimum atomic E-state index is 0.540. The molecule has 3 aromatic heterocycles. The van der Waals surface area contributed by atoms with Crippen LogP contribution in [0.4, 0.5) is 5.82 Å². The number of nitrogens with zero attached hydrogens (tertiary/aromatic N) is 5. The molecule has 0 aliphatic heterocycles. The summed E-state index contributed by atoms with van der Waals surface area (Å²) >= 11 is 6.57. The van der Waals surface area contributed by atoms with Gasteiger partial charge in [-0.3, -0.25) is 0 Å². The van der Waals surface area contributed by atoms with E-state index >= 15 is 0 Å². The summed E-state index contributed by atoms with van der Waals surface area (Å²) in [7, 11) is 0. The van der Waals surface area contributed by atoms with Crippen molar-refractivity contribution < 1.29 is 0 Å². The van der Waals surface area contributed by atoms with Crippen LogP contribution in [0.1, 0.15) is 29.1 Å². The minimum absolute atomic E-state index is 0.540. The van der Waals surface area contributed by atoms with Crippen molar-refractivity contribution in [3.05, 3.63) is 76.6 Å². The van der Waals surface area contributed by atoms with Crippen molar-refractivity contribution in [2.75, 3.05) is 11.9 Å². The zero-order chi connectivity index (χ0) is 22.5. The van der Waals surface area contributed by atoms with Gasteiger partial charge in [-0.1, -0.05) is 23.7 Å². The Labute approximate surface area is 191 Å². The highest BCUT2D eigenvalue weighted by molar-refractivity contribution is 6.33. The van der Waals surface area contributed by atoms with Crippen molar-refractivity contribution >= 4 is 17.4 Å². The SMILES string of the molecule is Cc1ccc(-c2nc(CCCNc3ccc(C#N)cn3)ncc2-c2ncc(C)[nH]2)c(Cl)c1. The smallest absolute Gasteiger partial charge is 0.141 e. The standard InChI is InChI=1S/C24H22ClN7/c1-15-5-7-18(20(25)10-15)23-19(24-30-12-16(2)31-24)14-29-22(32-23)4-3-9-27-21-8-6-17(11-26)13-28-21/h5-8,10,12-14H,3-4,9H2,1-2H3,(H,27,28)(H,30,31). The van der Waals surface area contributed by atoms with E-state index in [0.29, 0.717) is 29.4 Å². The molecule has 1 aromatic carbocycles. The van der Waals surface area contributed by atoms with Crippen molar-refractivity contribution in [1.82, 2.24) is 24.9 Å². The van der Waals surface area contributed by atoms with Gasteiger partial charge in [0.25, 0.3) is 0 Å². The predicted molar refractivity (Wildman–Crippen MR) is 125 cm³/mol. The lowest BCUT2D eigenvalue weighted by molar-refractivity contribution is 0.800. The Bertz CT molecular complexity index is 1270. The highest BCUT2D eigenvalue weighted by Crippen LogP contribution is 2.33. The quantitative estimate of drug-likeness (QED) is 0.384. The average Bonchev–Trinajstić information content (AvgIpc) is 3.23. The van der Waals surface area contributed by atoms with Gasteiger partial charge >= 0.3 is 0 Å². The molecule has 2 N–H and O–H groups in total. The van der Waals surface area contributed by atoms with Crippen LogP contribution >= 0.6 is 11.6 Å². The number of anilines is 1. The maximum Gasteiger partial charge on any atom is 0.141 e. The second kappa shape index (κ2) is 9.58. The van der Waals surface area contributed by atoms with Gasteiger partial charge in [-0.25, -0.2) is 19.9 Å². The summed E-state index contributed by atoms with van der Waals surface area (Å²) in [6.07, 6.45) is 6.66. The van der Waals surface area contributed by atoms with E-state index in [2.05, 4.69) is 31.3 Å². The average molecular weight is 444 g/mol. The topological polar surface area (TPSA) is 103 Å². The lowest BCUT2D eigenvalue weighted by Gasteiger charge is -2.11. The van der Waals surface area contributed by atoms with Crippen LogP contribution < -0.4 is 5.32 Å². The fourth-order valence-corrected chi connectivity index (χ4v) is 3.63. The van der Waals surface area contributed by atoms with E-state index in [4.69, 9.17) is 21.8 Å². The first-order valence-electron chi connectivity index (χ1n) is 10.3. The predicted octanol–water partition coefficient (Wildman–Crippen LogP) is 5.12. The fraction of sp³-hybridized carbons (Fsp3) is 0.208. The van der Waals surface area contributed by atoms with E-state index < -0.39 is 0 Å². The molecular formula is C24H22ClN7. The maximum absolute atomic E-state index is 8.86. The molecular weight excluding hydrogens is 422 g/mol. The van der Waals surface area contributed by atoms with Crippen LogP contribution in [-0.4, -0.2) is 31.5 Å². The summed E-state index contributed by atoms with van der Waals surface area (Å²) < 4.78 is 0. The van der Waals surface area contributed by atoms with Crippen molar-refractivity contribution in [3.8, 4) is 28.7 Å². The number of pyridine rings is 1. The Morgan fingerprint density at radius 3 is 2.59 bits per heavy atom. The number of rotatable bonds is 7. The van der Waals surface area contributed by atoms with Gasteiger partial charge in [0, 0.05) is 42.8 Å². The third-order valence-electron chi connectivity index (χ3n) is 4.95. The number of nitriles is 1. The first kappa shape index (κ1) is 21.5. The lowest BCUT2D eigenvalue weighted by atomic mass is 10.0. The molecule has 0 aliphatic rings. The number of aromatic nitrogens is 5. The number of halogens is 1. The fourth-order valence-electron chi connectivity index (χ4n) is 3.31. The molecule has 4 aromatic rings. The molecule has 3 heterocycles. The van der Waals surface area contributed by atoms with Crippen LogP contribution in [0.3, 0.4) is 0 Å². The van der Waals surface area contributed by atoms with Gasteiger partial charge in [-0.2, -0.15) is 5.26 Å². The van der Waals surface area contributed by atoms with Crippen molar-refractivity contribution in [3.63, 3.8) is 0 Å². The molecule has 4 rings (SSSR count). The number of aryl methyl sites for hydroxylation is 3. The highest BCUT2D eigenvalue weighted by atomic mass is 35.5. The number of benzene rings is 1. The molecule has 0 saturated carbocycles. The minimum Gasteiger partial charge on any atom is -0.370 e. The molecule has 0 atom stereocenters. The van der Waals surface area contributed by atoms with Gasteiger partial charge in [0.05, 0.1) is 21.8 Å². The number of hydrogen-bond donors (Lipinski definition) is 2. The summed E-state index contributed by atoms with van der Waals surface area (Å²) in [4.78, 5) is 21.4. The van der Waals surface area contributed by atoms with E-state index in [-0.39, 0.29) is 0 Å². The molecule has 0 fully saturated rings. The summed E-state index contributed by atoms with van der Waals surface area (Å²) in [6.45, 7) is 4.68. The molecule has 7 nitrogen and oxygen atoms in total. The maximum atomic E-state index is 8.86. The number of imidazole rings is 1. The van der Waals surface area contributed by atoms with Crippen LogP contribution in [-0.2, 0) is 6.42 Å². The first-order chi connectivity index (χ1) is 15.5. The largest absolute Gasteiger partial charge is 0.370 e. The molecule has 0 spiro atoms. The Morgan fingerprint density at radius 1 is 1.03 bits per heavy atom. The summed E-state index contributed by atoms with van der Waals surface area (Å²) in [5.74, 6) is 2.19. The number of aromatic amines is 1. The summed E-state index contributed by atoms with van der Waals surface area (Å²) in [6, 6.07) is 11.5. The summed E-state index contributed by atoms with van der Waals surface area (Å²) in [5, 5.41) is 12.8. The number of hydrogen-bond acceptors (Lipinski definition) is 6. The molecule has 160 valence electrons. The van der Waals surface area contributed by atoms with Crippen molar-refractivity contribution in [2.24, 2.45) is 0 Å². The summed E-state index contributed by atoms with van der Waals surface area (Å²) in [5.41, 5.74) is 5.02. The molecule has 0 amide bonds. The molecule has 0 aliphatic carbocycles. The lowest BCUT2D eigenvalue weighted by Crippen LogP contribution is -2.07. The Kier molecular flexibility index (Phi) is 6.43. The molecule has 8 heteroatoms. The zero-order valence-corrected chi connectivity index (χ0v) is 18.6. The monoisotopic (exact) mass is 443 g/mol. The van der Waals surface area contributed by atoms with Crippen molar-refractivity contribution in [1.29, 1.82) is 5.26 Å². The molecule has 0 radical (unpaired) electrons. The molecule has 32 heavy (non-hydrogen) atoms. The Morgan fingerprint density at radius 2 is 1.91 bits per heavy atom. The third kappa shape index (κ3) is 4.93. The van der Waals surface area contributed by atoms with Gasteiger partial charge in [0.1, 0.15) is 23.5 Å². The van der Waals surface area contributed by atoms with Gasteiger partial charge in [0.2, 0.25) is 0 Å². The van der Waals surface area contributed by atoms with Gasteiger partial charge in [0.15, 0.2) is 0 Å². The van der Waals surface area contributed by atoms with E-state index in [1.54, 1.807) is 24.5 Å². The first-order valence-corrected chi connectivity index (χ1v) is 10.7. The van der Waals surface area contributed by atoms with Gasteiger partial charge < -0.3 is 10.3 Å². The number of H-pyrrole nitrogens is 1. The van der Waals surface area contributed by atoms with E-state index in [0.717, 1.165) is 46.1 Å². The van der Waals surface area contributed by atoms with E-state index in [1.165, 1.54) is 0 Å². The van der Waals surface area contributed by atoms with Crippen LogP contribution in [0.5, 0.6) is 0 Å². The molecule has 0 unspecified atom stereocenters. The van der Waals surface area contributed by atoms with Crippen LogP contribution in [0.25, 0.3) is 22.6 Å². The third-order valence-corrected chi connectivity index (χ3v) is 5.26. The number of nitrogens with one attached hydrogen (secondary N) is 2. The molecule has 0 bridgehead atoms. The van der Waals surface area contributed by atoms with Gasteiger partial charge in [-0.05, 0) is 44.0 Å². The Balaban J connectivity index is 1.53. The van der Waals surface area contributed by atoms with Crippen molar-refractivity contribution in [2.45, 2.75) is 26.7 Å². The zero-order valence-electron chi connectivity index (χ0n) is 17.9.